The second-order valence-electron chi connectivity index (χ2n) is 2.03. The van der Waals surface area contributed by atoms with Crippen molar-refractivity contribution in [1.29, 1.82) is 0 Å². The zero-order valence-electron chi connectivity index (χ0n) is 6.24. The molecule has 5 nitrogen and oxygen atoms in total. The molecule has 0 aromatic carbocycles. The minimum absolute atomic E-state index is 0.0165. The van der Waals surface area contributed by atoms with Crippen molar-refractivity contribution >= 4 is 23.2 Å². The maximum absolute atomic E-state index is 5.47. The lowest BCUT2D eigenvalue weighted by Crippen LogP contribution is -2.21. The lowest BCUT2D eigenvalue weighted by Gasteiger charge is -1.94. The highest BCUT2D eigenvalue weighted by Gasteiger charge is 1.94. The number of halogens is 1. The first-order valence-electron chi connectivity index (χ1n) is 3.19. The molecule has 0 bridgehead atoms. The van der Waals surface area contributed by atoms with Gasteiger partial charge in [-0.1, -0.05) is 0 Å². The van der Waals surface area contributed by atoms with E-state index >= 15 is 0 Å². The van der Waals surface area contributed by atoms with Crippen molar-refractivity contribution in [2.75, 3.05) is 0 Å². The third-order valence-electron chi connectivity index (χ3n) is 1.07. The highest BCUT2D eigenvalue weighted by molar-refractivity contribution is 6.16. The summed E-state index contributed by atoms with van der Waals surface area (Å²) in [5.74, 6) is 0.811. The molecule has 4 N–H and O–H groups in total. The van der Waals surface area contributed by atoms with Gasteiger partial charge in [0.25, 0.3) is 0 Å². The Kier molecular flexibility index (Phi) is 2.82. The maximum atomic E-state index is 5.47. The van der Waals surface area contributed by atoms with Gasteiger partial charge in [0, 0.05) is 0 Å². The molecule has 64 valence electrons. The normalized spacial score (nSPS) is 9.42. The maximum Gasteiger partial charge on any atom is 0.191 e. The highest BCUT2D eigenvalue weighted by atomic mass is 35.5. The zero-order valence-corrected chi connectivity index (χ0v) is 6.99. The molecule has 0 atom stereocenters. The Morgan fingerprint density at radius 1 is 1.42 bits per heavy atom. The number of nitrogens with two attached hydrogens (primary N) is 2. The van der Waals surface area contributed by atoms with Crippen LogP contribution in [0.4, 0.5) is 5.69 Å². The molecule has 1 rings (SSSR count). The predicted molar refractivity (Wildman–Crippen MR) is 47.1 cm³/mol. The van der Waals surface area contributed by atoms with Gasteiger partial charge < -0.3 is 11.5 Å². The summed E-state index contributed by atoms with van der Waals surface area (Å²) >= 11 is 5.47. The van der Waals surface area contributed by atoms with E-state index in [1.54, 1.807) is 0 Å². The fraction of sp³-hybridized carbons (Fsp3) is 0.167. The largest absolute Gasteiger partial charge is 0.370 e. The standard InChI is InChI=1S/C6H8ClN5/c7-1-5-10-2-4(3-11-5)12-6(8)9/h2-3H,1H2,(H4,8,9,12). The SMILES string of the molecule is NC(N)=Nc1cnc(CCl)nc1. The van der Waals surface area contributed by atoms with Gasteiger partial charge in [-0.25, -0.2) is 15.0 Å². The van der Waals surface area contributed by atoms with Crippen LogP contribution in [0.15, 0.2) is 17.4 Å². The van der Waals surface area contributed by atoms with Crippen molar-refractivity contribution in [2.45, 2.75) is 5.88 Å². The fourth-order valence-electron chi connectivity index (χ4n) is 0.624. The second-order valence-corrected chi connectivity index (χ2v) is 2.30. The van der Waals surface area contributed by atoms with E-state index in [-0.39, 0.29) is 11.8 Å². The summed E-state index contributed by atoms with van der Waals surface area (Å²) in [6, 6.07) is 0. The molecule has 1 aromatic rings. The number of hydrogen-bond donors (Lipinski definition) is 2. The van der Waals surface area contributed by atoms with Crippen molar-refractivity contribution in [3.63, 3.8) is 0 Å². The predicted octanol–water partition coefficient (Wildman–Crippen LogP) is 0.120. The van der Waals surface area contributed by atoms with Gasteiger partial charge >= 0.3 is 0 Å². The molecule has 0 unspecified atom stereocenters. The molecule has 0 aliphatic heterocycles. The molecule has 0 amide bonds. The average Bonchev–Trinajstić information content (AvgIpc) is 2.05. The number of rotatable bonds is 2. The van der Waals surface area contributed by atoms with Gasteiger partial charge in [-0.3, -0.25) is 0 Å². The van der Waals surface area contributed by atoms with Gasteiger partial charge in [0.05, 0.1) is 18.3 Å². The topological polar surface area (TPSA) is 90.2 Å². The molecule has 0 saturated carbocycles. The quantitative estimate of drug-likeness (QED) is 0.389. The van der Waals surface area contributed by atoms with Crippen LogP contribution in [0.1, 0.15) is 5.82 Å². The molecule has 12 heavy (non-hydrogen) atoms. The fourth-order valence-corrected chi connectivity index (χ4v) is 0.762. The van der Waals surface area contributed by atoms with E-state index in [1.165, 1.54) is 12.4 Å². The van der Waals surface area contributed by atoms with Crippen LogP contribution in [0, 0.1) is 0 Å². The Labute approximate surface area is 74.5 Å². The van der Waals surface area contributed by atoms with Crippen LogP contribution in [0.25, 0.3) is 0 Å². The molecular weight excluding hydrogens is 178 g/mol. The molecule has 1 aromatic heterocycles. The van der Waals surface area contributed by atoms with Crippen molar-refractivity contribution in [2.24, 2.45) is 16.5 Å². The summed E-state index contributed by atoms with van der Waals surface area (Å²) in [5, 5.41) is 0. The van der Waals surface area contributed by atoms with Crippen LogP contribution >= 0.6 is 11.6 Å². The first-order chi connectivity index (χ1) is 5.72. The molecule has 0 saturated heterocycles. The van der Waals surface area contributed by atoms with E-state index in [4.69, 9.17) is 23.1 Å². The van der Waals surface area contributed by atoms with Gasteiger partial charge in [-0.15, -0.1) is 11.6 Å². The monoisotopic (exact) mass is 185 g/mol. The summed E-state index contributed by atoms with van der Waals surface area (Å²) in [6.45, 7) is 0. The van der Waals surface area contributed by atoms with Crippen LogP contribution in [0.5, 0.6) is 0 Å². The molecule has 0 aliphatic carbocycles. The summed E-state index contributed by atoms with van der Waals surface area (Å²) in [4.78, 5) is 11.5. The van der Waals surface area contributed by atoms with Crippen molar-refractivity contribution in [1.82, 2.24) is 9.97 Å². The Morgan fingerprint density at radius 3 is 2.42 bits per heavy atom. The number of aromatic nitrogens is 2. The van der Waals surface area contributed by atoms with Gasteiger partial charge in [-0.05, 0) is 0 Å². The smallest absolute Gasteiger partial charge is 0.191 e. The third kappa shape index (κ3) is 2.35. The van der Waals surface area contributed by atoms with Crippen molar-refractivity contribution in [3.05, 3.63) is 18.2 Å². The summed E-state index contributed by atoms with van der Waals surface area (Å²) in [7, 11) is 0. The minimum Gasteiger partial charge on any atom is -0.370 e. The Morgan fingerprint density at radius 2 is 2.00 bits per heavy atom. The highest BCUT2D eigenvalue weighted by Crippen LogP contribution is 2.07. The molecule has 0 aliphatic rings. The summed E-state index contributed by atoms with van der Waals surface area (Å²) in [6.07, 6.45) is 3.01. The Hall–Kier alpha value is -1.36. The molecule has 0 radical (unpaired) electrons. The lowest BCUT2D eigenvalue weighted by atomic mass is 10.5. The molecular formula is C6H8ClN5. The Balaban J connectivity index is 2.85. The van der Waals surface area contributed by atoms with E-state index in [9.17, 15) is 0 Å². The molecule has 0 fully saturated rings. The molecule has 1 heterocycles. The first-order valence-corrected chi connectivity index (χ1v) is 3.72. The van der Waals surface area contributed by atoms with E-state index < -0.39 is 0 Å². The summed E-state index contributed by atoms with van der Waals surface area (Å²) in [5.41, 5.74) is 10.8. The Bertz CT molecular complexity index is 276. The number of guanidine groups is 1. The number of aliphatic imine (C=N–C) groups is 1. The van der Waals surface area contributed by atoms with E-state index in [0.29, 0.717) is 11.5 Å². The van der Waals surface area contributed by atoms with Gasteiger partial charge in [-0.2, -0.15) is 0 Å². The van der Waals surface area contributed by atoms with Crippen LogP contribution in [-0.4, -0.2) is 15.9 Å². The van der Waals surface area contributed by atoms with Crippen LogP contribution < -0.4 is 11.5 Å². The number of nitrogens with zero attached hydrogens (tertiary/aromatic N) is 3. The molecule has 0 spiro atoms. The lowest BCUT2D eigenvalue weighted by molar-refractivity contribution is 1.03. The van der Waals surface area contributed by atoms with Crippen molar-refractivity contribution < 1.29 is 0 Å². The number of alkyl halides is 1. The van der Waals surface area contributed by atoms with Gasteiger partial charge in [0.15, 0.2) is 5.96 Å². The third-order valence-corrected chi connectivity index (χ3v) is 1.31. The van der Waals surface area contributed by atoms with Crippen molar-refractivity contribution in [3.8, 4) is 0 Å². The zero-order chi connectivity index (χ0) is 8.97. The first kappa shape index (κ1) is 8.73. The number of hydrogen-bond acceptors (Lipinski definition) is 3. The minimum atomic E-state index is -0.0165. The van der Waals surface area contributed by atoms with Gasteiger partial charge in [0.2, 0.25) is 0 Å². The van der Waals surface area contributed by atoms with E-state index in [1.807, 2.05) is 0 Å². The molecule has 6 heteroatoms. The van der Waals surface area contributed by atoms with Crippen LogP contribution in [0.2, 0.25) is 0 Å². The second kappa shape index (κ2) is 3.87. The van der Waals surface area contributed by atoms with Crippen LogP contribution in [-0.2, 0) is 5.88 Å². The van der Waals surface area contributed by atoms with Gasteiger partial charge in [0.1, 0.15) is 11.5 Å². The average molecular weight is 186 g/mol. The van der Waals surface area contributed by atoms with E-state index in [2.05, 4.69) is 15.0 Å². The van der Waals surface area contributed by atoms with Crippen LogP contribution in [0.3, 0.4) is 0 Å². The van der Waals surface area contributed by atoms with E-state index in [0.717, 1.165) is 0 Å². The summed E-state index contributed by atoms with van der Waals surface area (Å²) < 4.78 is 0.